The van der Waals surface area contributed by atoms with E-state index in [-0.39, 0.29) is 0 Å². The molecule has 17 heavy (non-hydrogen) atoms. The summed E-state index contributed by atoms with van der Waals surface area (Å²) in [6.45, 7) is 5.26. The van der Waals surface area contributed by atoms with Crippen LogP contribution in [0.3, 0.4) is 0 Å². The fourth-order valence-electron chi connectivity index (χ4n) is 1.97. The van der Waals surface area contributed by atoms with Gasteiger partial charge in [-0.3, -0.25) is 4.90 Å². The Balaban J connectivity index is 2.61. The van der Waals surface area contributed by atoms with Gasteiger partial charge in [0, 0.05) is 18.7 Å². The normalized spacial score (nSPS) is 12.1. The van der Waals surface area contributed by atoms with Crippen LogP contribution in [0, 0.1) is 0 Å². The van der Waals surface area contributed by atoms with Crippen molar-refractivity contribution in [3.05, 3.63) is 29.8 Å². The lowest BCUT2D eigenvalue weighted by Crippen LogP contribution is -2.40. The van der Waals surface area contributed by atoms with Crippen LogP contribution in [0.4, 0.5) is 0 Å². The summed E-state index contributed by atoms with van der Waals surface area (Å²) in [6, 6.07) is 7.32. The molecule has 0 heterocycles. The van der Waals surface area contributed by atoms with E-state index in [1.165, 1.54) is 0 Å². The molecule has 96 valence electrons. The number of rotatable bonds is 6. The van der Waals surface area contributed by atoms with Crippen LogP contribution in [-0.2, 0) is 6.54 Å². The highest BCUT2D eigenvalue weighted by molar-refractivity contribution is 5.31. The minimum atomic E-state index is -0.626. The zero-order valence-corrected chi connectivity index (χ0v) is 11.0. The Morgan fingerprint density at radius 3 is 2.29 bits per heavy atom. The van der Waals surface area contributed by atoms with Gasteiger partial charge in [0.1, 0.15) is 5.75 Å². The smallest absolute Gasteiger partial charge is 0.120 e. The Labute approximate surface area is 104 Å². The number of nitrogens with zero attached hydrogens (tertiary/aromatic N) is 1. The van der Waals surface area contributed by atoms with Crippen molar-refractivity contribution in [3.63, 3.8) is 0 Å². The minimum absolute atomic E-state index is 0.316. The zero-order chi connectivity index (χ0) is 12.9. The lowest BCUT2D eigenvalue weighted by Gasteiger charge is -2.30. The molecule has 0 saturated heterocycles. The van der Waals surface area contributed by atoms with Crippen LogP contribution < -0.4 is 0 Å². The summed E-state index contributed by atoms with van der Waals surface area (Å²) in [5, 5.41) is 19.9. The Hall–Kier alpha value is -1.06. The Morgan fingerprint density at radius 1 is 1.18 bits per heavy atom. The predicted molar refractivity (Wildman–Crippen MR) is 70.0 cm³/mol. The van der Waals surface area contributed by atoms with E-state index in [9.17, 15) is 10.2 Å². The summed E-state index contributed by atoms with van der Waals surface area (Å²) in [4.78, 5) is 2.04. The first-order valence-corrected chi connectivity index (χ1v) is 6.18. The lowest BCUT2D eigenvalue weighted by molar-refractivity contribution is 0.00117. The molecule has 1 rings (SSSR count). The molecule has 0 radical (unpaired) electrons. The van der Waals surface area contributed by atoms with Crippen LogP contribution in [0.2, 0.25) is 0 Å². The van der Waals surface area contributed by atoms with E-state index in [4.69, 9.17) is 0 Å². The molecular weight excluding hydrogens is 214 g/mol. The average molecular weight is 237 g/mol. The number of phenolic OH excluding ortho intramolecular Hbond substituents is 1. The number of hydrogen-bond acceptors (Lipinski definition) is 3. The maximum atomic E-state index is 10.2. The summed E-state index contributed by atoms with van der Waals surface area (Å²) in [5.74, 6) is 0.316. The molecule has 0 spiro atoms. The van der Waals surface area contributed by atoms with E-state index >= 15 is 0 Å². The summed E-state index contributed by atoms with van der Waals surface area (Å²) >= 11 is 0. The van der Waals surface area contributed by atoms with Crippen LogP contribution in [0.5, 0.6) is 5.75 Å². The topological polar surface area (TPSA) is 43.7 Å². The quantitative estimate of drug-likeness (QED) is 0.798. The van der Waals surface area contributed by atoms with Gasteiger partial charge < -0.3 is 10.2 Å². The van der Waals surface area contributed by atoms with Crippen molar-refractivity contribution < 1.29 is 10.2 Å². The molecule has 0 fully saturated rings. The molecule has 0 aliphatic carbocycles. The Kier molecular flexibility index (Phi) is 4.97. The van der Waals surface area contributed by atoms with E-state index in [1.807, 2.05) is 44.0 Å². The van der Waals surface area contributed by atoms with Crippen LogP contribution in [0.1, 0.15) is 32.3 Å². The first-order chi connectivity index (χ1) is 8.00. The van der Waals surface area contributed by atoms with Crippen LogP contribution in [0.15, 0.2) is 24.3 Å². The van der Waals surface area contributed by atoms with Gasteiger partial charge in [-0.05, 0) is 26.0 Å². The van der Waals surface area contributed by atoms with Gasteiger partial charge >= 0.3 is 0 Å². The average Bonchev–Trinajstić information content (AvgIpc) is 2.32. The highest BCUT2D eigenvalue weighted by Gasteiger charge is 2.24. The van der Waals surface area contributed by atoms with Crippen LogP contribution >= 0.6 is 0 Å². The monoisotopic (exact) mass is 237 g/mol. The molecule has 3 nitrogen and oxygen atoms in total. The van der Waals surface area contributed by atoms with Gasteiger partial charge in [0.25, 0.3) is 0 Å². The molecule has 0 amide bonds. The standard InChI is InChI=1S/C14H23NO2/c1-4-14(17,5-2)11-15(3)10-12-8-6-7-9-13(12)16/h6-9,16-17H,4-5,10-11H2,1-3H3. The SMILES string of the molecule is CCC(O)(CC)CN(C)Cc1ccccc1O. The van der Waals surface area contributed by atoms with Gasteiger partial charge in [0.15, 0.2) is 0 Å². The van der Waals surface area contributed by atoms with E-state index in [0.29, 0.717) is 18.8 Å². The second-order valence-corrected chi connectivity index (χ2v) is 4.73. The van der Waals surface area contributed by atoms with E-state index in [1.54, 1.807) is 6.07 Å². The van der Waals surface area contributed by atoms with Gasteiger partial charge in [-0.2, -0.15) is 0 Å². The van der Waals surface area contributed by atoms with Gasteiger partial charge in [0.2, 0.25) is 0 Å². The number of likely N-dealkylation sites (N-methyl/N-ethyl adjacent to an activating group) is 1. The lowest BCUT2D eigenvalue weighted by atomic mass is 9.97. The molecule has 0 atom stereocenters. The van der Waals surface area contributed by atoms with Gasteiger partial charge in [-0.25, -0.2) is 0 Å². The molecule has 0 aromatic heterocycles. The van der Waals surface area contributed by atoms with E-state index < -0.39 is 5.60 Å². The minimum Gasteiger partial charge on any atom is -0.508 e. The third-order valence-corrected chi connectivity index (χ3v) is 3.31. The third-order valence-electron chi connectivity index (χ3n) is 3.31. The molecule has 0 aliphatic rings. The van der Waals surface area contributed by atoms with Crippen LogP contribution in [-0.4, -0.2) is 34.3 Å². The summed E-state index contributed by atoms with van der Waals surface area (Å²) in [6.07, 6.45) is 1.49. The van der Waals surface area contributed by atoms with E-state index in [0.717, 1.165) is 18.4 Å². The molecular formula is C14H23NO2. The molecule has 0 bridgehead atoms. The highest BCUT2D eigenvalue weighted by Crippen LogP contribution is 2.20. The molecule has 3 heteroatoms. The van der Waals surface area contributed by atoms with Crippen LogP contribution in [0.25, 0.3) is 0 Å². The highest BCUT2D eigenvalue weighted by atomic mass is 16.3. The second kappa shape index (κ2) is 6.03. The van der Waals surface area contributed by atoms with E-state index in [2.05, 4.69) is 0 Å². The van der Waals surface area contributed by atoms with Crippen molar-refractivity contribution >= 4 is 0 Å². The number of para-hydroxylation sites is 1. The van der Waals surface area contributed by atoms with Crippen molar-refractivity contribution in [1.29, 1.82) is 0 Å². The summed E-state index contributed by atoms with van der Waals surface area (Å²) < 4.78 is 0. The van der Waals surface area contributed by atoms with Gasteiger partial charge in [-0.1, -0.05) is 32.0 Å². The van der Waals surface area contributed by atoms with Crippen molar-refractivity contribution in [2.24, 2.45) is 0 Å². The Bertz CT molecular complexity index is 348. The Morgan fingerprint density at radius 2 is 1.76 bits per heavy atom. The molecule has 1 aromatic carbocycles. The molecule has 0 saturated carbocycles. The number of aliphatic hydroxyl groups is 1. The number of phenols is 1. The number of hydrogen-bond donors (Lipinski definition) is 2. The first kappa shape index (κ1) is 14.0. The van der Waals surface area contributed by atoms with Crippen molar-refractivity contribution in [3.8, 4) is 5.75 Å². The maximum Gasteiger partial charge on any atom is 0.120 e. The maximum absolute atomic E-state index is 10.2. The van der Waals surface area contributed by atoms with Crippen molar-refractivity contribution in [2.45, 2.75) is 38.8 Å². The molecule has 0 aliphatic heterocycles. The van der Waals surface area contributed by atoms with Crippen molar-refractivity contribution in [1.82, 2.24) is 4.90 Å². The summed E-state index contributed by atoms with van der Waals surface area (Å²) in [7, 11) is 1.96. The molecule has 1 aromatic rings. The molecule has 2 N–H and O–H groups in total. The fraction of sp³-hybridized carbons (Fsp3) is 0.571. The zero-order valence-electron chi connectivity index (χ0n) is 11.0. The van der Waals surface area contributed by atoms with Gasteiger partial charge in [-0.15, -0.1) is 0 Å². The predicted octanol–water partition coefficient (Wildman–Crippen LogP) is 2.38. The first-order valence-electron chi connectivity index (χ1n) is 6.18. The largest absolute Gasteiger partial charge is 0.508 e. The third kappa shape index (κ3) is 4.02. The molecule has 0 unspecified atom stereocenters. The number of aromatic hydroxyl groups is 1. The van der Waals surface area contributed by atoms with Crippen molar-refractivity contribution in [2.75, 3.05) is 13.6 Å². The number of benzene rings is 1. The summed E-state index contributed by atoms with van der Waals surface area (Å²) in [5.41, 5.74) is 0.267. The second-order valence-electron chi connectivity index (χ2n) is 4.73. The van der Waals surface area contributed by atoms with Gasteiger partial charge in [0.05, 0.1) is 5.60 Å². The fourth-order valence-corrected chi connectivity index (χ4v) is 1.97.